The average Bonchev–Trinajstić information content (AvgIpc) is 3.05. The lowest BCUT2D eigenvalue weighted by Gasteiger charge is -2.14. The van der Waals surface area contributed by atoms with Gasteiger partial charge in [-0.15, -0.1) is 0 Å². The molecule has 2 heterocycles. The summed E-state index contributed by atoms with van der Waals surface area (Å²) < 4.78 is 27.2. The molecule has 0 saturated carbocycles. The van der Waals surface area contributed by atoms with Crippen LogP contribution in [0.25, 0.3) is 0 Å². The Morgan fingerprint density at radius 1 is 1.55 bits per heavy atom. The summed E-state index contributed by atoms with van der Waals surface area (Å²) in [4.78, 5) is 2.33. The van der Waals surface area contributed by atoms with E-state index in [9.17, 15) is 8.42 Å². The first-order valence-corrected chi connectivity index (χ1v) is 8.44. The first kappa shape index (κ1) is 15.4. The molecule has 7 nitrogen and oxygen atoms in total. The fourth-order valence-electron chi connectivity index (χ4n) is 2.51. The summed E-state index contributed by atoms with van der Waals surface area (Å²) in [6.07, 6.45) is 2.59. The highest BCUT2D eigenvalue weighted by Gasteiger charge is 2.25. The van der Waals surface area contributed by atoms with Crippen molar-refractivity contribution in [2.45, 2.75) is 24.9 Å². The molecule has 0 amide bonds. The highest BCUT2D eigenvalue weighted by atomic mass is 32.2. The van der Waals surface area contributed by atoms with Crippen LogP contribution < -0.4 is 10.0 Å². The largest absolute Gasteiger partial charge is 0.316 e. The highest BCUT2D eigenvalue weighted by molar-refractivity contribution is 7.89. The van der Waals surface area contributed by atoms with Gasteiger partial charge in [-0.3, -0.25) is 5.10 Å². The topological polar surface area (TPSA) is 90.1 Å². The van der Waals surface area contributed by atoms with Crippen LogP contribution in [0.5, 0.6) is 0 Å². The van der Waals surface area contributed by atoms with Gasteiger partial charge in [-0.1, -0.05) is 6.92 Å². The predicted molar refractivity (Wildman–Crippen MR) is 76.8 cm³/mol. The molecule has 1 saturated heterocycles. The van der Waals surface area contributed by atoms with Crippen LogP contribution in [0.1, 0.15) is 18.9 Å². The van der Waals surface area contributed by atoms with E-state index in [2.05, 4.69) is 32.1 Å². The van der Waals surface area contributed by atoms with E-state index in [1.54, 1.807) is 13.2 Å². The number of aromatic nitrogens is 2. The van der Waals surface area contributed by atoms with Gasteiger partial charge in [0.1, 0.15) is 0 Å². The van der Waals surface area contributed by atoms with Crippen molar-refractivity contribution >= 4 is 10.0 Å². The Morgan fingerprint density at radius 3 is 3.00 bits per heavy atom. The summed E-state index contributed by atoms with van der Waals surface area (Å²) in [5, 5.41) is 9.49. The number of hydrogen-bond acceptors (Lipinski definition) is 5. The third kappa shape index (κ3) is 3.57. The maximum atomic E-state index is 12.3. The lowest BCUT2D eigenvalue weighted by molar-refractivity contribution is 0.342. The number of aromatic amines is 1. The van der Waals surface area contributed by atoms with Crippen molar-refractivity contribution < 1.29 is 8.42 Å². The molecule has 1 aromatic rings. The van der Waals surface area contributed by atoms with Gasteiger partial charge in [-0.25, -0.2) is 13.1 Å². The second kappa shape index (κ2) is 6.66. The maximum Gasteiger partial charge on any atom is 0.257 e. The fourth-order valence-corrected chi connectivity index (χ4v) is 3.76. The van der Waals surface area contributed by atoms with Crippen LogP contribution >= 0.6 is 0 Å². The Bertz CT molecular complexity index is 528. The second-order valence-corrected chi connectivity index (χ2v) is 6.86. The van der Waals surface area contributed by atoms with E-state index in [1.807, 2.05) is 0 Å². The van der Waals surface area contributed by atoms with Crippen molar-refractivity contribution in [2.24, 2.45) is 5.92 Å². The van der Waals surface area contributed by atoms with Gasteiger partial charge in [0.05, 0.1) is 6.20 Å². The zero-order valence-corrected chi connectivity index (χ0v) is 12.8. The molecule has 1 atom stereocenters. The van der Waals surface area contributed by atoms with Gasteiger partial charge in [-0.2, -0.15) is 5.10 Å². The van der Waals surface area contributed by atoms with Crippen LogP contribution in [0.4, 0.5) is 0 Å². The smallest absolute Gasteiger partial charge is 0.257 e. The second-order valence-electron chi connectivity index (χ2n) is 5.15. The van der Waals surface area contributed by atoms with Crippen LogP contribution in [-0.4, -0.2) is 56.7 Å². The van der Waals surface area contributed by atoms with Crippen molar-refractivity contribution in [3.63, 3.8) is 0 Å². The fraction of sp³-hybridized carbons (Fsp3) is 0.750. The third-order valence-corrected chi connectivity index (χ3v) is 5.13. The van der Waals surface area contributed by atoms with E-state index in [1.165, 1.54) is 0 Å². The Morgan fingerprint density at radius 2 is 2.35 bits per heavy atom. The van der Waals surface area contributed by atoms with Gasteiger partial charge in [-0.05, 0) is 32.5 Å². The number of hydrogen-bond donors (Lipinski definition) is 3. The van der Waals surface area contributed by atoms with Gasteiger partial charge in [0.15, 0.2) is 5.03 Å². The number of sulfonamides is 1. The molecule has 0 radical (unpaired) electrons. The first-order valence-electron chi connectivity index (χ1n) is 6.95. The zero-order valence-electron chi connectivity index (χ0n) is 12.0. The molecule has 1 unspecified atom stereocenters. The lowest BCUT2D eigenvalue weighted by atomic mass is 10.1. The molecule has 20 heavy (non-hydrogen) atoms. The molecule has 0 bridgehead atoms. The highest BCUT2D eigenvalue weighted by Crippen LogP contribution is 2.16. The van der Waals surface area contributed by atoms with Crippen molar-refractivity contribution in [3.8, 4) is 0 Å². The third-order valence-electron chi connectivity index (χ3n) is 3.69. The van der Waals surface area contributed by atoms with E-state index in [4.69, 9.17) is 0 Å². The molecule has 1 aliphatic heterocycles. The molecule has 3 N–H and O–H groups in total. The van der Waals surface area contributed by atoms with Crippen molar-refractivity contribution in [1.29, 1.82) is 0 Å². The van der Waals surface area contributed by atoms with Crippen LogP contribution in [0.2, 0.25) is 0 Å². The van der Waals surface area contributed by atoms with Crippen molar-refractivity contribution in [3.05, 3.63) is 11.8 Å². The average molecular weight is 301 g/mol. The molecule has 1 fully saturated rings. The number of likely N-dealkylation sites (tertiary alicyclic amines) is 1. The summed E-state index contributed by atoms with van der Waals surface area (Å²) >= 11 is 0. The number of rotatable bonds is 7. The molecule has 1 aromatic heterocycles. The molecular weight excluding hydrogens is 278 g/mol. The SMILES string of the molecule is CCN1CCC(CNS(=O)(=O)c2[nH]ncc2CNC)C1. The molecule has 1 aliphatic rings. The van der Waals surface area contributed by atoms with E-state index >= 15 is 0 Å². The number of H-pyrrole nitrogens is 1. The number of nitrogens with one attached hydrogen (secondary N) is 3. The minimum atomic E-state index is -3.51. The monoisotopic (exact) mass is 301 g/mol. The van der Waals surface area contributed by atoms with Gasteiger partial charge in [0.25, 0.3) is 10.0 Å². The van der Waals surface area contributed by atoms with Crippen LogP contribution in [0, 0.1) is 5.92 Å². The van der Waals surface area contributed by atoms with Crippen LogP contribution in [0.15, 0.2) is 11.2 Å². The summed E-state index contributed by atoms with van der Waals surface area (Å²) in [6, 6.07) is 0. The predicted octanol–water partition coefficient (Wildman–Crippen LogP) is -0.251. The molecule has 0 aromatic carbocycles. The van der Waals surface area contributed by atoms with Crippen LogP contribution in [0.3, 0.4) is 0 Å². The molecule has 2 rings (SSSR count). The van der Waals surface area contributed by atoms with E-state index in [-0.39, 0.29) is 5.03 Å². The van der Waals surface area contributed by atoms with Crippen molar-refractivity contribution in [2.75, 3.05) is 33.2 Å². The molecule has 8 heteroatoms. The molecular formula is C12H23N5O2S. The minimum Gasteiger partial charge on any atom is -0.316 e. The van der Waals surface area contributed by atoms with Gasteiger partial charge in [0, 0.05) is 25.2 Å². The zero-order chi connectivity index (χ0) is 14.6. The lowest BCUT2D eigenvalue weighted by Crippen LogP contribution is -2.32. The van der Waals surface area contributed by atoms with Crippen LogP contribution in [-0.2, 0) is 16.6 Å². The van der Waals surface area contributed by atoms with Gasteiger partial charge < -0.3 is 10.2 Å². The van der Waals surface area contributed by atoms with E-state index in [0.717, 1.165) is 26.1 Å². The van der Waals surface area contributed by atoms with Crippen molar-refractivity contribution in [1.82, 2.24) is 25.1 Å². The molecule has 0 spiro atoms. The standard InChI is InChI=1S/C12H23N5O2S/c1-3-17-5-4-10(9-17)6-15-20(18,19)12-11(7-13-2)8-14-16-12/h8,10,13,15H,3-7,9H2,1-2H3,(H,14,16). The van der Waals surface area contributed by atoms with Gasteiger partial charge in [0.2, 0.25) is 0 Å². The summed E-state index contributed by atoms with van der Waals surface area (Å²) in [7, 11) is -1.74. The van der Waals surface area contributed by atoms with E-state index < -0.39 is 10.0 Å². The normalized spacial score (nSPS) is 20.6. The Kier molecular flexibility index (Phi) is 5.14. The van der Waals surface area contributed by atoms with Gasteiger partial charge >= 0.3 is 0 Å². The number of nitrogens with zero attached hydrogens (tertiary/aromatic N) is 2. The maximum absolute atomic E-state index is 12.3. The summed E-state index contributed by atoms with van der Waals surface area (Å²) in [5.74, 6) is 0.389. The first-order chi connectivity index (χ1) is 9.56. The molecule has 114 valence electrons. The minimum absolute atomic E-state index is 0.164. The summed E-state index contributed by atoms with van der Waals surface area (Å²) in [6.45, 7) is 6.12. The van der Waals surface area contributed by atoms with E-state index in [0.29, 0.717) is 24.6 Å². The summed E-state index contributed by atoms with van der Waals surface area (Å²) in [5.41, 5.74) is 0.654. The Balaban J connectivity index is 1.96. The Labute approximate surface area is 120 Å². The Hall–Kier alpha value is -0.960. The quantitative estimate of drug-likeness (QED) is 0.646. The molecule has 0 aliphatic carbocycles.